The van der Waals surface area contributed by atoms with E-state index in [-0.39, 0.29) is 17.3 Å². The third-order valence-corrected chi connectivity index (χ3v) is 8.89. The van der Waals surface area contributed by atoms with E-state index in [1.807, 2.05) is 0 Å². The Morgan fingerprint density at radius 2 is 2.03 bits per heavy atom. The number of hydrogen-bond acceptors (Lipinski definition) is 6. The fourth-order valence-corrected chi connectivity index (χ4v) is 6.91. The number of carbonyl (C=O) groups is 1. The van der Waals surface area contributed by atoms with Gasteiger partial charge in [-0.15, -0.1) is 0 Å². The summed E-state index contributed by atoms with van der Waals surface area (Å²) >= 11 is 3.26. The Balaban J connectivity index is 2.15. The summed E-state index contributed by atoms with van der Waals surface area (Å²) in [4.78, 5) is 21.4. The topological polar surface area (TPSA) is 93.0 Å². The SMILES string of the molecule is CC(C)(C)OC(=O)NC1=N[C@](C)(c2nc(Br)ccc2F)CS2(=O)=NCCC[C@]12C. The summed E-state index contributed by atoms with van der Waals surface area (Å²) in [6, 6.07) is 2.77. The highest BCUT2D eigenvalue weighted by atomic mass is 79.9. The molecule has 29 heavy (non-hydrogen) atoms. The first kappa shape index (κ1) is 22.1. The predicted molar refractivity (Wildman–Crippen MR) is 114 cm³/mol. The lowest BCUT2D eigenvalue weighted by Crippen LogP contribution is -2.60. The molecule has 0 bridgehead atoms. The molecule has 3 rings (SSSR count). The summed E-state index contributed by atoms with van der Waals surface area (Å²) < 4.78 is 37.9. The fraction of sp³-hybridized carbons (Fsp3) is 0.632. The number of amides is 1. The van der Waals surface area contributed by atoms with Crippen molar-refractivity contribution in [2.75, 3.05) is 12.3 Å². The van der Waals surface area contributed by atoms with Gasteiger partial charge in [-0.05, 0) is 75.5 Å². The number of pyridine rings is 1. The zero-order valence-corrected chi connectivity index (χ0v) is 19.6. The highest BCUT2D eigenvalue weighted by molar-refractivity contribution is 9.10. The van der Waals surface area contributed by atoms with Gasteiger partial charge in [-0.2, -0.15) is 0 Å². The first-order valence-electron chi connectivity index (χ1n) is 9.41. The van der Waals surface area contributed by atoms with Gasteiger partial charge in [0.25, 0.3) is 0 Å². The Bertz CT molecular complexity index is 1000. The molecule has 7 nitrogen and oxygen atoms in total. The van der Waals surface area contributed by atoms with Crippen molar-refractivity contribution in [3.05, 3.63) is 28.2 Å². The quantitative estimate of drug-likeness (QED) is 0.600. The first-order chi connectivity index (χ1) is 13.3. The van der Waals surface area contributed by atoms with Gasteiger partial charge in [-0.3, -0.25) is 10.3 Å². The van der Waals surface area contributed by atoms with Crippen LogP contribution in [0.2, 0.25) is 0 Å². The molecule has 1 unspecified atom stereocenters. The molecule has 2 aliphatic rings. The molecule has 10 heteroatoms. The molecule has 0 aliphatic carbocycles. The summed E-state index contributed by atoms with van der Waals surface area (Å²) in [5.41, 5.74) is -1.91. The molecule has 1 N–H and O–H groups in total. The van der Waals surface area contributed by atoms with Crippen LogP contribution in [0.15, 0.2) is 26.1 Å². The van der Waals surface area contributed by atoms with E-state index < -0.39 is 37.5 Å². The van der Waals surface area contributed by atoms with Crippen LogP contribution < -0.4 is 5.32 Å². The highest BCUT2D eigenvalue weighted by Crippen LogP contribution is 2.42. The number of nitrogens with zero attached hydrogens (tertiary/aromatic N) is 3. The van der Waals surface area contributed by atoms with Crippen LogP contribution in [0, 0.1) is 5.82 Å². The molecule has 3 heterocycles. The second-order valence-electron chi connectivity index (χ2n) is 8.80. The monoisotopic (exact) mass is 488 g/mol. The maximum atomic E-state index is 14.7. The van der Waals surface area contributed by atoms with Gasteiger partial charge in [0.1, 0.15) is 37.8 Å². The Kier molecular flexibility index (Phi) is 5.57. The molecule has 0 fully saturated rings. The van der Waals surface area contributed by atoms with E-state index in [1.54, 1.807) is 34.6 Å². The van der Waals surface area contributed by atoms with E-state index in [0.29, 0.717) is 17.6 Å². The third-order valence-electron chi connectivity index (χ3n) is 5.09. The van der Waals surface area contributed by atoms with Gasteiger partial charge in [0, 0.05) is 6.54 Å². The molecule has 160 valence electrons. The van der Waals surface area contributed by atoms with Gasteiger partial charge in [0.05, 0.1) is 15.5 Å². The van der Waals surface area contributed by atoms with E-state index in [0.717, 1.165) is 6.42 Å². The second kappa shape index (κ2) is 7.30. The molecule has 0 radical (unpaired) electrons. The first-order valence-corrected chi connectivity index (χ1v) is 11.9. The standard InChI is InChI=1S/C19H26BrFN4O3S/c1-17(2,3)28-16(26)24-15-19(5)9-6-10-22-29(19,27)11-18(4,25-15)14-12(21)7-8-13(20)23-14/h7-8H,6,9-11H2,1-5H3,(H,24,25,26)/t18-,19+,29?/m0/s1. The smallest absolute Gasteiger partial charge is 0.413 e. The third kappa shape index (κ3) is 4.19. The van der Waals surface area contributed by atoms with Crippen LogP contribution in [0.4, 0.5) is 9.18 Å². The number of amidine groups is 1. The van der Waals surface area contributed by atoms with E-state index >= 15 is 0 Å². The van der Waals surface area contributed by atoms with Crippen LogP contribution in [-0.2, 0) is 20.0 Å². The maximum absolute atomic E-state index is 14.7. The van der Waals surface area contributed by atoms with Crippen molar-refractivity contribution < 1.29 is 18.1 Å². The molecule has 0 saturated heterocycles. The van der Waals surface area contributed by atoms with Crippen molar-refractivity contribution >= 4 is 37.6 Å². The molecular formula is C19H26BrFN4O3S. The highest BCUT2D eigenvalue weighted by Gasteiger charge is 2.53. The van der Waals surface area contributed by atoms with Crippen molar-refractivity contribution in [1.29, 1.82) is 0 Å². The van der Waals surface area contributed by atoms with Crippen molar-refractivity contribution in [1.82, 2.24) is 10.3 Å². The van der Waals surface area contributed by atoms with Crippen LogP contribution in [0.3, 0.4) is 0 Å². The number of carbonyl (C=O) groups excluding carboxylic acids is 1. The minimum Gasteiger partial charge on any atom is -0.444 e. The normalized spacial score (nSPS) is 31.9. The van der Waals surface area contributed by atoms with Crippen molar-refractivity contribution in [3.63, 3.8) is 0 Å². The number of halogens is 2. The summed E-state index contributed by atoms with van der Waals surface area (Å²) in [5, 5.41) is 2.69. The number of fused-ring (bicyclic) bond motifs is 1. The summed E-state index contributed by atoms with van der Waals surface area (Å²) in [6.07, 6.45) is 0.577. The van der Waals surface area contributed by atoms with Gasteiger partial charge >= 0.3 is 6.09 Å². The van der Waals surface area contributed by atoms with E-state index in [1.165, 1.54) is 12.1 Å². The van der Waals surface area contributed by atoms with Crippen molar-refractivity contribution in [3.8, 4) is 0 Å². The van der Waals surface area contributed by atoms with Crippen LogP contribution in [-0.4, -0.2) is 43.8 Å². The molecule has 0 saturated carbocycles. The Morgan fingerprint density at radius 1 is 1.34 bits per heavy atom. The molecule has 0 aromatic carbocycles. The van der Waals surface area contributed by atoms with Crippen molar-refractivity contribution in [2.45, 2.75) is 63.3 Å². The summed E-state index contributed by atoms with van der Waals surface area (Å²) in [7, 11) is -2.85. The number of alkyl carbamates (subject to hydrolysis) is 1. The molecular weight excluding hydrogens is 463 g/mol. The zero-order chi connectivity index (χ0) is 21.7. The second-order valence-corrected chi connectivity index (χ2v) is 12.3. The summed E-state index contributed by atoms with van der Waals surface area (Å²) in [5.74, 6) is -0.329. The van der Waals surface area contributed by atoms with E-state index in [4.69, 9.17) is 9.73 Å². The van der Waals surface area contributed by atoms with Gasteiger partial charge in [0.2, 0.25) is 0 Å². The van der Waals surface area contributed by atoms with Crippen molar-refractivity contribution in [2.24, 2.45) is 9.36 Å². The Labute approximate surface area is 179 Å². The number of aliphatic imine (C=N–C) groups is 1. The van der Waals surface area contributed by atoms with Gasteiger partial charge in [-0.25, -0.2) is 22.7 Å². The molecule has 1 aromatic rings. The van der Waals surface area contributed by atoms with Crippen LogP contribution >= 0.6 is 15.9 Å². The zero-order valence-electron chi connectivity index (χ0n) is 17.2. The van der Waals surface area contributed by atoms with Gasteiger partial charge in [0.15, 0.2) is 0 Å². The lowest BCUT2D eigenvalue weighted by atomic mass is 9.96. The molecule has 0 spiro atoms. The van der Waals surface area contributed by atoms with E-state index in [2.05, 4.69) is 30.6 Å². The molecule has 1 amide bonds. The van der Waals surface area contributed by atoms with Crippen LogP contribution in [0.1, 0.15) is 53.2 Å². The molecule has 3 atom stereocenters. The number of rotatable bonds is 1. The predicted octanol–water partition coefficient (Wildman–Crippen LogP) is 4.16. The number of aromatic nitrogens is 1. The molecule has 2 aliphatic heterocycles. The number of ether oxygens (including phenoxy) is 1. The Morgan fingerprint density at radius 3 is 2.69 bits per heavy atom. The van der Waals surface area contributed by atoms with E-state index in [9.17, 15) is 13.4 Å². The lowest BCUT2D eigenvalue weighted by Gasteiger charge is -2.44. The minimum absolute atomic E-state index is 0.0242. The largest absolute Gasteiger partial charge is 0.444 e. The fourth-order valence-electron chi connectivity index (χ4n) is 3.66. The lowest BCUT2D eigenvalue weighted by molar-refractivity contribution is 0.0560. The maximum Gasteiger partial charge on any atom is 0.413 e. The number of hydrogen-bond donors (Lipinski definition) is 1. The minimum atomic E-state index is -2.85. The van der Waals surface area contributed by atoms with Crippen LogP contribution in [0.25, 0.3) is 0 Å². The molecule has 1 aromatic heterocycles. The number of nitrogens with one attached hydrogen (secondary N) is 1. The average molecular weight is 489 g/mol. The van der Waals surface area contributed by atoms with Gasteiger partial charge in [-0.1, -0.05) is 0 Å². The summed E-state index contributed by atoms with van der Waals surface area (Å²) in [6.45, 7) is 9.16. The van der Waals surface area contributed by atoms with Crippen LogP contribution in [0.5, 0.6) is 0 Å². The average Bonchev–Trinajstić information content (AvgIpc) is 2.56. The van der Waals surface area contributed by atoms with Gasteiger partial charge < -0.3 is 4.74 Å². The Hall–Kier alpha value is -1.55.